The molecule has 0 bridgehead atoms. The van der Waals surface area contributed by atoms with Gasteiger partial charge in [0.2, 0.25) is 0 Å². The Balaban J connectivity index is 1.72. The van der Waals surface area contributed by atoms with Crippen LogP contribution >= 0.6 is 0 Å². The highest BCUT2D eigenvalue weighted by Gasteiger charge is 2.35. The average Bonchev–Trinajstić information content (AvgIpc) is 3.22. The zero-order valence-electron chi connectivity index (χ0n) is 15.6. The average molecular weight is 368 g/mol. The second-order valence-electron chi connectivity index (χ2n) is 6.80. The fourth-order valence-electron chi connectivity index (χ4n) is 3.77. The van der Waals surface area contributed by atoms with Gasteiger partial charge in [-0.25, -0.2) is 0 Å². The molecule has 142 valence electrons. The van der Waals surface area contributed by atoms with Crippen LogP contribution in [0, 0.1) is 0 Å². The molecule has 0 unspecified atom stereocenters. The summed E-state index contributed by atoms with van der Waals surface area (Å²) >= 11 is 0. The number of ether oxygens (including phenoxy) is 3. The zero-order chi connectivity index (χ0) is 18.8. The van der Waals surface area contributed by atoms with Gasteiger partial charge >= 0.3 is 0 Å². The number of carbonyl (C=O) groups is 1. The number of anilines is 1. The summed E-state index contributed by atoms with van der Waals surface area (Å²) in [4.78, 5) is 15.1. The van der Waals surface area contributed by atoms with E-state index in [0.717, 1.165) is 30.7 Å². The number of amides is 1. The Labute approximate surface area is 159 Å². The lowest BCUT2D eigenvalue weighted by Gasteiger charge is -2.39. The highest BCUT2D eigenvalue weighted by atomic mass is 16.5. The number of para-hydroxylation sites is 1. The number of nitrogens with zero attached hydrogens (tertiary/aromatic N) is 1. The van der Waals surface area contributed by atoms with Crippen molar-refractivity contribution in [1.82, 2.24) is 4.90 Å². The maximum Gasteiger partial charge on any atom is 0.257 e. The highest BCUT2D eigenvalue weighted by molar-refractivity contribution is 6.01. The molecule has 1 saturated heterocycles. The van der Waals surface area contributed by atoms with Crippen molar-refractivity contribution < 1.29 is 19.0 Å². The van der Waals surface area contributed by atoms with Gasteiger partial charge in [0.15, 0.2) is 11.5 Å². The van der Waals surface area contributed by atoms with Crippen LogP contribution in [0.1, 0.15) is 34.9 Å². The van der Waals surface area contributed by atoms with Gasteiger partial charge in [0.25, 0.3) is 5.91 Å². The van der Waals surface area contributed by atoms with Crippen LogP contribution in [0.25, 0.3) is 0 Å². The van der Waals surface area contributed by atoms with Gasteiger partial charge in [0.05, 0.1) is 25.9 Å². The molecule has 0 spiro atoms. The molecule has 0 saturated carbocycles. The van der Waals surface area contributed by atoms with Gasteiger partial charge in [-0.2, -0.15) is 0 Å². The predicted octanol–water partition coefficient (Wildman–Crippen LogP) is 3.45. The molecule has 1 N–H and O–H groups in total. The van der Waals surface area contributed by atoms with Crippen molar-refractivity contribution in [2.24, 2.45) is 0 Å². The third-order valence-corrected chi connectivity index (χ3v) is 5.17. The molecular weight excluding hydrogens is 344 g/mol. The predicted molar refractivity (Wildman–Crippen MR) is 102 cm³/mol. The molecule has 0 aliphatic carbocycles. The minimum absolute atomic E-state index is 0.0136. The standard InChI is InChI=1S/C21H24N2O4/c1-25-18-10-9-14(12-19(18)26-2)20-22-17-8-4-3-7-16(17)21(24)23(20)13-15-6-5-11-27-15/h3-4,7-10,12,15,20,22H,5-6,11,13H2,1-2H3/t15-,20+/m0/s1. The number of benzene rings is 2. The fourth-order valence-corrected chi connectivity index (χ4v) is 3.77. The van der Waals surface area contributed by atoms with Gasteiger partial charge in [-0.15, -0.1) is 0 Å². The van der Waals surface area contributed by atoms with Gasteiger partial charge < -0.3 is 24.4 Å². The Morgan fingerprint density at radius 1 is 1.15 bits per heavy atom. The van der Waals surface area contributed by atoms with Crippen molar-refractivity contribution in [1.29, 1.82) is 0 Å². The van der Waals surface area contributed by atoms with Crippen molar-refractivity contribution in [3.05, 3.63) is 53.6 Å². The maximum atomic E-state index is 13.2. The number of fused-ring (bicyclic) bond motifs is 1. The topological polar surface area (TPSA) is 60.0 Å². The number of rotatable bonds is 5. The minimum Gasteiger partial charge on any atom is -0.493 e. The van der Waals surface area contributed by atoms with E-state index in [2.05, 4.69) is 5.32 Å². The molecule has 27 heavy (non-hydrogen) atoms. The minimum atomic E-state index is -0.295. The Hall–Kier alpha value is -2.73. The summed E-state index contributed by atoms with van der Waals surface area (Å²) in [5.41, 5.74) is 2.46. The van der Waals surface area contributed by atoms with E-state index in [0.29, 0.717) is 23.6 Å². The van der Waals surface area contributed by atoms with E-state index in [1.807, 2.05) is 47.4 Å². The second kappa shape index (κ2) is 7.48. The van der Waals surface area contributed by atoms with Gasteiger partial charge in [0, 0.05) is 18.8 Å². The summed E-state index contributed by atoms with van der Waals surface area (Å²) in [6, 6.07) is 13.4. The maximum absolute atomic E-state index is 13.2. The van der Waals surface area contributed by atoms with Crippen LogP contribution in [0.15, 0.2) is 42.5 Å². The quantitative estimate of drug-likeness (QED) is 0.876. The van der Waals surface area contributed by atoms with Gasteiger partial charge in [-0.05, 0) is 42.7 Å². The second-order valence-corrected chi connectivity index (χ2v) is 6.80. The molecule has 0 radical (unpaired) electrons. The largest absolute Gasteiger partial charge is 0.493 e. The van der Waals surface area contributed by atoms with Crippen LogP contribution in [0.4, 0.5) is 5.69 Å². The van der Waals surface area contributed by atoms with Crippen LogP contribution in [-0.2, 0) is 4.74 Å². The van der Waals surface area contributed by atoms with Crippen molar-refractivity contribution in [3.8, 4) is 11.5 Å². The summed E-state index contributed by atoms with van der Waals surface area (Å²) in [7, 11) is 3.22. The number of nitrogens with one attached hydrogen (secondary N) is 1. The number of hydrogen-bond acceptors (Lipinski definition) is 5. The van der Waals surface area contributed by atoms with E-state index < -0.39 is 0 Å². The van der Waals surface area contributed by atoms with Gasteiger partial charge in [-0.3, -0.25) is 4.79 Å². The van der Waals surface area contributed by atoms with Crippen LogP contribution in [-0.4, -0.2) is 44.3 Å². The Kier molecular flexibility index (Phi) is 4.90. The fraction of sp³-hybridized carbons (Fsp3) is 0.381. The number of carbonyl (C=O) groups excluding carboxylic acids is 1. The smallest absolute Gasteiger partial charge is 0.257 e. The molecule has 1 fully saturated rings. The van der Waals surface area contributed by atoms with Crippen molar-refractivity contribution in [3.63, 3.8) is 0 Å². The number of methoxy groups -OCH3 is 2. The molecular formula is C21H24N2O4. The summed E-state index contributed by atoms with van der Waals surface area (Å²) in [5.74, 6) is 1.31. The summed E-state index contributed by atoms with van der Waals surface area (Å²) in [6.45, 7) is 1.32. The SMILES string of the molecule is COc1ccc([C@@H]2Nc3ccccc3C(=O)N2C[C@@H]2CCCO2)cc1OC. The molecule has 2 aliphatic rings. The molecule has 2 aliphatic heterocycles. The molecule has 6 nitrogen and oxygen atoms in total. The Morgan fingerprint density at radius 2 is 1.96 bits per heavy atom. The molecule has 2 aromatic carbocycles. The van der Waals surface area contributed by atoms with E-state index in [1.165, 1.54) is 0 Å². The third kappa shape index (κ3) is 3.32. The molecule has 2 heterocycles. The first-order chi connectivity index (χ1) is 13.2. The summed E-state index contributed by atoms with van der Waals surface area (Å²) in [5, 5.41) is 3.51. The Bertz CT molecular complexity index is 833. The van der Waals surface area contributed by atoms with E-state index in [-0.39, 0.29) is 18.2 Å². The van der Waals surface area contributed by atoms with Crippen LogP contribution in [0.5, 0.6) is 11.5 Å². The first-order valence-electron chi connectivity index (χ1n) is 9.21. The lowest BCUT2D eigenvalue weighted by Crippen LogP contribution is -2.46. The van der Waals surface area contributed by atoms with E-state index >= 15 is 0 Å². The van der Waals surface area contributed by atoms with Crippen molar-refractivity contribution >= 4 is 11.6 Å². The lowest BCUT2D eigenvalue weighted by molar-refractivity contribution is 0.0426. The summed E-state index contributed by atoms with van der Waals surface area (Å²) in [6.07, 6.45) is 1.79. The van der Waals surface area contributed by atoms with Crippen molar-refractivity contribution in [2.45, 2.75) is 25.1 Å². The van der Waals surface area contributed by atoms with E-state index in [4.69, 9.17) is 14.2 Å². The van der Waals surface area contributed by atoms with E-state index in [1.54, 1.807) is 14.2 Å². The monoisotopic (exact) mass is 368 g/mol. The van der Waals surface area contributed by atoms with Gasteiger partial charge in [0.1, 0.15) is 6.17 Å². The summed E-state index contributed by atoms with van der Waals surface area (Å²) < 4.78 is 16.6. The molecule has 2 aromatic rings. The molecule has 2 atom stereocenters. The highest BCUT2D eigenvalue weighted by Crippen LogP contribution is 2.37. The van der Waals surface area contributed by atoms with Crippen LogP contribution in [0.2, 0.25) is 0 Å². The Morgan fingerprint density at radius 3 is 2.70 bits per heavy atom. The first-order valence-corrected chi connectivity index (χ1v) is 9.21. The van der Waals surface area contributed by atoms with E-state index in [9.17, 15) is 4.79 Å². The molecule has 4 rings (SSSR count). The van der Waals surface area contributed by atoms with Crippen LogP contribution in [0.3, 0.4) is 0 Å². The molecule has 0 aromatic heterocycles. The van der Waals surface area contributed by atoms with Crippen molar-refractivity contribution in [2.75, 3.05) is 32.7 Å². The zero-order valence-corrected chi connectivity index (χ0v) is 15.6. The third-order valence-electron chi connectivity index (χ3n) is 5.17. The normalized spacial score (nSPS) is 21.6. The molecule has 1 amide bonds. The van der Waals surface area contributed by atoms with Crippen LogP contribution < -0.4 is 14.8 Å². The first kappa shape index (κ1) is 17.7. The molecule has 6 heteroatoms. The lowest BCUT2D eigenvalue weighted by atomic mass is 10.0. The number of hydrogen-bond donors (Lipinski definition) is 1. The van der Waals surface area contributed by atoms with Gasteiger partial charge in [-0.1, -0.05) is 18.2 Å².